The van der Waals surface area contributed by atoms with Gasteiger partial charge >= 0.3 is 0 Å². The lowest BCUT2D eigenvalue weighted by molar-refractivity contribution is -0.123. The van der Waals surface area contributed by atoms with Crippen molar-refractivity contribution in [3.63, 3.8) is 0 Å². The Morgan fingerprint density at radius 1 is 1.46 bits per heavy atom. The molecule has 0 aliphatic carbocycles. The second-order valence-corrected chi connectivity index (χ2v) is 4.84. The Morgan fingerprint density at radius 3 is 2.38 bits per heavy atom. The zero-order valence-corrected chi connectivity index (χ0v) is 9.65. The molecule has 0 spiro atoms. The first-order chi connectivity index (χ1) is 5.99. The Labute approximate surface area is 84.8 Å². The van der Waals surface area contributed by atoms with Crippen LogP contribution in [-0.4, -0.2) is 30.0 Å². The Morgan fingerprint density at radius 2 is 2.00 bits per heavy atom. The van der Waals surface area contributed by atoms with Crippen molar-refractivity contribution in [1.82, 2.24) is 5.32 Å². The van der Waals surface area contributed by atoms with Gasteiger partial charge in [0.05, 0.1) is 6.04 Å². The third kappa shape index (κ3) is 5.16. The van der Waals surface area contributed by atoms with Crippen molar-refractivity contribution in [2.45, 2.75) is 32.1 Å². The van der Waals surface area contributed by atoms with E-state index >= 15 is 0 Å². The van der Waals surface area contributed by atoms with Gasteiger partial charge in [-0.2, -0.15) is 11.8 Å². The van der Waals surface area contributed by atoms with Crippen LogP contribution in [0.3, 0.4) is 0 Å². The van der Waals surface area contributed by atoms with E-state index in [-0.39, 0.29) is 17.9 Å². The van der Waals surface area contributed by atoms with Gasteiger partial charge in [-0.15, -0.1) is 0 Å². The molecule has 78 valence electrons. The highest BCUT2D eigenvalue weighted by Crippen LogP contribution is 2.03. The number of carbonyl (C=O) groups excluding carboxylic acids is 1. The molecule has 0 aromatic carbocycles. The van der Waals surface area contributed by atoms with Gasteiger partial charge < -0.3 is 11.1 Å². The predicted octanol–water partition coefficient (Wildman–Crippen LogP) is 0.837. The van der Waals surface area contributed by atoms with Crippen LogP contribution in [0.15, 0.2) is 0 Å². The van der Waals surface area contributed by atoms with Gasteiger partial charge in [-0.3, -0.25) is 4.79 Å². The third-order valence-corrected chi connectivity index (χ3v) is 2.96. The quantitative estimate of drug-likeness (QED) is 0.697. The van der Waals surface area contributed by atoms with E-state index in [1.54, 1.807) is 11.8 Å². The molecule has 1 unspecified atom stereocenters. The SMILES string of the molecule is CSC(C)CNC(=O)[C@@H](N)C(C)C. The summed E-state index contributed by atoms with van der Waals surface area (Å²) >= 11 is 1.73. The van der Waals surface area contributed by atoms with Crippen molar-refractivity contribution in [2.75, 3.05) is 12.8 Å². The molecule has 0 rings (SSSR count). The molecule has 3 N–H and O–H groups in total. The third-order valence-electron chi connectivity index (χ3n) is 1.99. The van der Waals surface area contributed by atoms with Crippen LogP contribution in [0.5, 0.6) is 0 Å². The van der Waals surface area contributed by atoms with E-state index in [2.05, 4.69) is 12.2 Å². The van der Waals surface area contributed by atoms with Crippen LogP contribution in [-0.2, 0) is 4.79 Å². The molecular weight excluding hydrogens is 184 g/mol. The van der Waals surface area contributed by atoms with Crippen molar-refractivity contribution >= 4 is 17.7 Å². The number of hydrogen-bond donors (Lipinski definition) is 2. The van der Waals surface area contributed by atoms with Crippen LogP contribution in [0.1, 0.15) is 20.8 Å². The van der Waals surface area contributed by atoms with Crippen molar-refractivity contribution in [1.29, 1.82) is 0 Å². The van der Waals surface area contributed by atoms with Crippen LogP contribution in [0.4, 0.5) is 0 Å². The Balaban J connectivity index is 3.74. The number of amides is 1. The number of rotatable bonds is 5. The number of nitrogens with two attached hydrogens (primary N) is 1. The smallest absolute Gasteiger partial charge is 0.237 e. The second kappa shape index (κ2) is 6.27. The van der Waals surface area contributed by atoms with Crippen LogP contribution in [0.2, 0.25) is 0 Å². The molecule has 0 saturated carbocycles. The van der Waals surface area contributed by atoms with Crippen LogP contribution < -0.4 is 11.1 Å². The Hall–Kier alpha value is -0.220. The van der Waals surface area contributed by atoms with E-state index in [1.165, 1.54) is 0 Å². The van der Waals surface area contributed by atoms with E-state index in [9.17, 15) is 4.79 Å². The molecule has 2 atom stereocenters. The molecule has 0 aromatic rings. The summed E-state index contributed by atoms with van der Waals surface area (Å²) in [6.07, 6.45) is 2.03. The lowest BCUT2D eigenvalue weighted by atomic mass is 10.1. The molecule has 0 fully saturated rings. The maximum atomic E-state index is 11.4. The fourth-order valence-corrected chi connectivity index (χ4v) is 0.998. The molecule has 1 amide bonds. The molecule has 0 aliphatic rings. The molecule has 0 heterocycles. The summed E-state index contributed by atoms with van der Waals surface area (Å²) in [4.78, 5) is 11.4. The van der Waals surface area contributed by atoms with Gasteiger partial charge in [-0.05, 0) is 12.2 Å². The molecule has 0 aromatic heterocycles. The monoisotopic (exact) mass is 204 g/mol. The van der Waals surface area contributed by atoms with E-state index in [0.717, 1.165) is 0 Å². The summed E-state index contributed by atoms with van der Waals surface area (Å²) in [6.45, 7) is 6.66. The van der Waals surface area contributed by atoms with Crippen molar-refractivity contribution in [3.8, 4) is 0 Å². The summed E-state index contributed by atoms with van der Waals surface area (Å²) < 4.78 is 0. The first-order valence-electron chi connectivity index (χ1n) is 4.55. The van der Waals surface area contributed by atoms with Gasteiger partial charge in [0.2, 0.25) is 5.91 Å². The number of nitrogens with one attached hydrogen (secondary N) is 1. The fourth-order valence-electron chi connectivity index (χ4n) is 0.748. The van der Waals surface area contributed by atoms with Crippen LogP contribution >= 0.6 is 11.8 Å². The molecule has 0 bridgehead atoms. The summed E-state index contributed by atoms with van der Waals surface area (Å²) in [5.74, 6) is 0.153. The summed E-state index contributed by atoms with van der Waals surface area (Å²) in [6, 6.07) is -0.381. The summed E-state index contributed by atoms with van der Waals surface area (Å²) in [5.41, 5.74) is 5.67. The zero-order valence-electron chi connectivity index (χ0n) is 8.83. The minimum atomic E-state index is -0.381. The Kier molecular flexibility index (Phi) is 6.16. The van der Waals surface area contributed by atoms with Gasteiger partial charge in [0.25, 0.3) is 0 Å². The molecule has 13 heavy (non-hydrogen) atoms. The average Bonchev–Trinajstić information content (AvgIpc) is 2.11. The first-order valence-corrected chi connectivity index (χ1v) is 5.84. The van der Waals surface area contributed by atoms with Crippen LogP contribution in [0.25, 0.3) is 0 Å². The summed E-state index contributed by atoms with van der Waals surface area (Å²) in [5, 5.41) is 3.28. The highest BCUT2D eigenvalue weighted by atomic mass is 32.2. The maximum absolute atomic E-state index is 11.4. The molecule has 0 saturated heterocycles. The van der Waals surface area contributed by atoms with E-state index in [0.29, 0.717) is 11.8 Å². The van der Waals surface area contributed by atoms with Gasteiger partial charge in [0.15, 0.2) is 0 Å². The number of carbonyl (C=O) groups is 1. The fraction of sp³-hybridized carbons (Fsp3) is 0.889. The zero-order chi connectivity index (χ0) is 10.4. The van der Waals surface area contributed by atoms with Crippen molar-refractivity contribution < 1.29 is 4.79 Å². The average molecular weight is 204 g/mol. The molecule has 3 nitrogen and oxygen atoms in total. The normalized spacial score (nSPS) is 15.5. The van der Waals surface area contributed by atoms with Crippen molar-refractivity contribution in [3.05, 3.63) is 0 Å². The Bertz CT molecular complexity index is 162. The second-order valence-electron chi connectivity index (χ2n) is 3.56. The van der Waals surface area contributed by atoms with Gasteiger partial charge in [0, 0.05) is 11.8 Å². The number of thioether (sulfide) groups is 1. The topological polar surface area (TPSA) is 55.1 Å². The lowest BCUT2D eigenvalue weighted by Crippen LogP contribution is -2.45. The van der Waals surface area contributed by atoms with Crippen LogP contribution in [0, 0.1) is 5.92 Å². The molecule has 4 heteroatoms. The molecular formula is C9H20N2OS. The standard InChI is InChI=1S/C9H20N2OS/c1-6(2)8(10)9(12)11-5-7(3)13-4/h6-8H,5,10H2,1-4H3,(H,11,12)/t7?,8-/m0/s1. The van der Waals surface area contributed by atoms with E-state index in [1.807, 2.05) is 20.1 Å². The predicted molar refractivity (Wildman–Crippen MR) is 58.8 cm³/mol. The minimum absolute atomic E-state index is 0.0455. The maximum Gasteiger partial charge on any atom is 0.237 e. The summed E-state index contributed by atoms with van der Waals surface area (Å²) in [7, 11) is 0. The van der Waals surface area contributed by atoms with Gasteiger partial charge in [-0.1, -0.05) is 20.8 Å². The highest BCUT2D eigenvalue weighted by Gasteiger charge is 2.16. The molecule has 0 aliphatic heterocycles. The van der Waals surface area contributed by atoms with E-state index in [4.69, 9.17) is 5.73 Å². The first kappa shape index (κ1) is 12.8. The van der Waals surface area contributed by atoms with Gasteiger partial charge in [0.1, 0.15) is 0 Å². The molecule has 0 radical (unpaired) electrons. The lowest BCUT2D eigenvalue weighted by Gasteiger charge is -2.16. The van der Waals surface area contributed by atoms with Gasteiger partial charge in [-0.25, -0.2) is 0 Å². The van der Waals surface area contributed by atoms with E-state index < -0.39 is 0 Å². The minimum Gasteiger partial charge on any atom is -0.354 e. The largest absolute Gasteiger partial charge is 0.354 e. The van der Waals surface area contributed by atoms with Crippen molar-refractivity contribution in [2.24, 2.45) is 11.7 Å². The highest BCUT2D eigenvalue weighted by molar-refractivity contribution is 7.99. The number of hydrogen-bond acceptors (Lipinski definition) is 3.